The maximum Gasteiger partial charge on any atom is 0.124 e. The number of piperazine rings is 1. The van der Waals surface area contributed by atoms with Gasteiger partial charge in [0.05, 0.1) is 0 Å². The average molecular weight is 264 g/mol. The van der Waals surface area contributed by atoms with E-state index >= 15 is 0 Å². The van der Waals surface area contributed by atoms with E-state index in [4.69, 9.17) is 0 Å². The van der Waals surface area contributed by atoms with Gasteiger partial charge in [-0.2, -0.15) is 0 Å². The van der Waals surface area contributed by atoms with Gasteiger partial charge in [0.2, 0.25) is 0 Å². The lowest BCUT2D eigenvalue weighted by atomic mass is 9.97. The molecule has 0 aromatic heterocycles. The third-order valence-corrected chi connectivity index (χ3v) is 3.80. The van der Waals surface area contributed by atoms with Crippen molar-refractivity contribution in [2.24, 2.45) is 0 Å². The Morgan fingerprint density at radius 2 is 2.00 bits per heavy atom. The van der Waals surface area contributed by atoms with Gasteiger partial charge in [0.25, 0.3) is 0 Å². The normalized spacial score (nSPS) is 18.4. The lowest BCUT2D eigenvalue weighted by Gasteiger charge is -2.35. The molecule has 0 aliphatic carbocycles. The smallest absolute Gasteiger partial charge is 0.124 e. The maximum atomic E-state index is 10.1. The fourth-order valence-corrected chi connectivity index (χ4v) is 2.74. The first-order valence-corrected chi connectivity index (χ1v) is 7.19. The fourth-order valence-electron chi connectivity index (χ4n) is 2.74. The molecule has 19 heavy (non-hydrogen) atoms. The third kappa shape index (κ3) is 3.61. The molecule has 4 heteroatoms. The van der Waals surface area contributed by atoms with Gasteiger partial charge in [-0.1, -0.05) is 25.8 Å². The zero-order valence-electron chi connectivity index (χ0n) is 11.6. The van der Waals surface area contributed by atoms with Crippen molar-refractivity contribution >= 4 is 0 Å². The van der Waals surface area contributed by atoms with Crippen molar-refractivity contribution in [3.63, 3.8) is 0 Å². The molecule has 1 aliphatic rings. The minimum atomic E-state index is 0.121. The summed E-state index contributed by atoms with van der Waals surface area (Å²) in [5, 5.41) is 22.9. The molecule has 1 aliphatic heterocycles. The number of benzene rings is 1. The van der Waals surface area contributed by atoms with Gasteiger partial charge in [-0.05, 0) is 12.5 Å². The average Bonchev–Trinajstić information content (AvgIpc) is 2.42. The van der Waals surface area contributed by atoms with Crippen molar-refractivity contribution in [3.8, 4) is 11.5 Å². The zero-order valence-corrected chi connectivity index (χ0v) is 11.6. The number of nitrogens with one attached hydrogen (secondary N) is 1. The molecule has 1 aromatic carbocycles. The van der Waals surface area contributed by atoms with Crippen LogP contribution in [0.25, 0.3) is 0 Å². The highest BCUT2D eigenvalue weighted by Crippen LogP contribution is 2.34. The monoisotopic (exact) mass is 264 g/mol. The van der Waals surface area contributed by atoms with E-state index in [9.17, 15) is 10.2 Å². The van der Waals surface area contributed by atoms with Crippen LogP contribution in [0, 0.1) is 0 Å². The predicted octanol–water partition coefficient (Wildman–Crippen LogP) is 2.23. The minimum Gasteiger partial charge on any atom is -0.508 e. The number of rotatable bonds is 5. The van der Waals surface area contributed by atoms with Gasteiger partial charge in [0, 0.05) is 43.9 Å². The van der Waals surface area contributed by atoms with E-state index in [0.717, 1.165) is 51.0 Å². The van der Waals surface area contributed by atoms with Gasteiger partial charge in [0.15, 0.2) is 0 Å². The molecule has 0 amide bonds. The van der Waals surface area contributed by atoms with Crippen LogP contribution in [0.5, 0.6) is 11.5 Å². The molecule has 0 spiro atoms. The summed E-state index contributed by atoms with van der Waals surface area (Å²) in [6.45, 7) is 6.21. The van der Waals surface area contributed by atoms with Crippen molar-refractivity contribution in [2.45, 2.75) is 32.2 Å². The summed E-state index contributed by atoms with van der Waals surface area (Å²) in [5.41, 5.74) is 0.938. The predicted molar refractivity (Wildman–Crippen MR) is 76.5 cm³/mol. The Hall–Kier alpha value is -1.26. The van der Waals surface area contributed by atoms with Crippen LogP contribution < -0.4 is 5.32 Å². The first-order chi connectivity index (χ1) is 9.22. The van der Waals surface area contributed by atoms with Gasteiger partial charge in [-0.15, -0.1) is 0 Å². The summed E-state index contributed by atoms with van der Waals surface area (Å²) < 4.78 is 0. The second kappa shape index (κ2) is 6.78. The van der Waals surface area contributed by atoms with E-state index < -0.39 is 0 Å². The van der Waals surface area contributed by atoms with Crippen molar-refractivity contribution < 1.29 is 10.2 Å². The van der Waals surface area contributed by atoms with Crippen LogP contribution in [-0.4, -0.2) is 41.3 Å². The molecule has 3 N–H and O–H groups in total. The van der Waals surface area contributed by atoms with Crippen molar-refractivity contribution in [2.75, 3.05) is 26.2 Å². The molecule has 1 aromatic rings. The molecule has 0 unspecified atom stereocenters. The third-order valence-electron chi connectivity index (χ3n) is 3.80. The van der Waals surface area contributed by atoms with Gasteiger partial charge in [0.1, 0.15) is 11.5 Å². The molecule has 106 valence electrons. The Bertz CT molecular complexity index is 403. The van der Waals surface area contributed by atoms with E-state index in [1.165, 1.54) is 6.07 Å². The number of phenolic OH excluding ortho intramolecular Hbond substituents is 2. The highest BCUT2D eigenvalue weighted by atomic mass is 16.3. The Kier molecular flexibility index (Phi) is 5.05. The summed E-state index contributed by atoms with van der Waals surface area (Å²) in [7, 11) is 0. The summed E-state index contributed by atoms with van der Waals surface area (Å²) >= 11 is 0. The number of hydrogen-bond donors (Lipinski definition) is 3. The summed E-state index contributed by atoms with van der Waals surface area (Å²) in [6, 6.07) is 5.21. The Morgan fingerprint density at radius 1 is 1.26 bits per heavy atom. The molecule has 1 atom stereocenters. The molecule has 1 fully saturated rings. The first kappa shape index (κ1) is 14.2. The van der Waals surface area contributed by atoms with Crippen molar-refractivity contribution in [3.05, 3.63) is 23.8 Å². The van der Waals surface area contributed by atoms with Gasteiger partial charge < -0.3 is 15.5 Å². The largest absolute Gasteiger partial charge is 0.508 e. The molecule has 2 rings (SSSR count). The lowest BCUT2D eigenvalue weighted by Crippen LogP contribution is -2.45. The quantitative estimate of drug-likeness (QED) is 0.763. The van der Waals surface area contributed by atoms with Crippen LogP contribution in [0.15, 0.2) is 18.2 Å². The van der Waals surface area contributed by atoms with E-state index in [1.807, 2.05) is 6.07 Å². The van der Waals surface area contributed by atoms with Crippen LogP contribution in [0.3, 0.4) is 0 Å². The van der Waals surface area contributed by atoms with E-state index in [-0.39, 0.29) is 17.5 Å². The SMILES string of the molecule is CCCC[C@H](c1ccc(O)cc1O)N1CCNCC1. The fraction of sp³-hybridized carbons (Fsp3) is 0.600. The van der Waals surface area contributed by atoms with Crippen LogP contribution in [0.2, 0.25) is 0 Å². The van der Waals surface area contributed by atoms with Crippen LogP contribution in [0.4, 0.5) is 0 Å². The van der Waals surface area contributed by atoms with Crippen LogP contribution in [-0.2, 0) is 0 Å². The molecule has 0 saturated carbocycles. The topological polar surface area (TPSA) is 55.7 Å². The van der Waals surface area contributed by atoms with Gasteiger partial charge >= 0.3 is 0 Å². The Morgan fingerprint density at radius 3 is 2.63 bits per heavy atom. The molecule has 4 nitrogen and oxygen atoms in total. The maximum absolute atomic E-state index is 10.1. The first-order valence-electron chi connectivity index (χ1n) is 7.19. The summed E-state index contributed by atoms with van der Waals surface area (Å²) in [4.78, 5) is 2.43. The molecular weight excluding hydrogens is 240 g/mol. The molecule has 1 heterocycles. The number of nitrogens with zero attached hydrogens (tertiary/aromatic N) is 1. The van der Waals surface area contributed by atoms with E-state index in [0.29, 0.717) is 0 Å². The lowest BCUT2D eigenvalue weighted by molar-refractivity contribution is 0.160. The van der Waals surface area contributed by atoms with Gasteiger partial charge in [-0.25, -0.2) is 0 Å². The highest BCUT2D eigenvalue weighted by molar-refractivity contribution is 5.40. The van der Waals surface area contributed by atoms with Crippen molar-refractivity contribution in [1.29, 1.82) is 0 Å². The van der Waals surface area contributed by atoms with E-state index in [2.05, 4.69) is 17.1 Å². The second-order valence-corrected chi connectivity index (χ2v) is 5.19. The van der Waals surface area contributed by atoms with E-state index in [1.54, 1.807) is 6.07 Å². The number of phenols is 2. The van der Waals surface area contributed by atoms with Crippen LogP contribution in [0.1, 0.15) is 37.8 Å². The van der Waals surface area contributed by atoms with Crippen molar-refractivity contribution in [1.82, 2.24) is 10.2 Å². The number of hydrogen-bond acceptors (Lipinski definition) is 4. The standard InChI is InChI=1S/C15H24N2O2/c1-2-3-4-14(17-9-7-16-8-10-17)13-6-5-12(18)11-15(13)19/h5-6,11,14,16,18-19H,2-4,7-10H2,1H3/t14-/m1/s1. The molecule has 0 bridgehead atoms. The molecular formula is C15H24N2O2. The second-order valence-electron chi connectivity index (χ2n) is 5.19. The number of aromatic hydroxyl groups is 2. The molecule has 0 radical (unpaired) electrons. The summed E-state index contributed by atoms with van der Waals surface area (Å²) in [5.74, 6) is 0.329. The highest BCUT2D eigenvalue weighted by Gasteiger charge is 2.23. The van der Waals surface area contributed by atoms with Crippen LogP contribution >= 0.6 is 0 Å². The minimum absolute atomic E-state index is 0.121. The molecule has 1 saturated heterocycles. The zero-order chi connectivity index (χ0) is 13.7. The Balaban J connectivity index is 2.19. The Labute approximate surface area is 115 Å². The number of unbranched alkanes of at least 4 members (excludes halogenated alkanes) is 1. The summed E-state index contributed by atoms with van der Waals surface area (Å²) in [6.07, 6.45) is 3.35. The van der Waals surface area contributed by atoms with Gasteiger partial charge in [-0.3, -0.25) is 4.90 Å².